The van der Waals surface area contributed by atoms with E-state index >= 15 is 0 Å². The Balaban J connectivity index is 2.00. The molecule has 3 rings (SSSR count). The predicted octanol–water partition coefficient (Wildman–Crippen LogP) is 6.34. The van der Waals surface area contributed by atoms with Gasteiger partial charge in [0.25, 0.3) is 11.6 Å². The van der Waals surface area contributed by atoms with Crippen molar-refractivity contribution in [3.63, 3.8) is 0 Å². The molecule has 34 heavy (non-hydrogen) atoms. The summed E-state index contributed by atoms with van der Waals surface area (Å²) in [4.78, 5) is 25.2. The number of aryl methyl sites for hydroxylation is 2. The molecule has 0 aromatic heterocycles. The summed E-state index contributed by atoms with van der Waals surface area (Å²) >= 11 is 0. The molecular weight excluding hydrogens is 451 g/mol. The van der Waals surface area contributed by atoms with Crippen LogP contribution in [-0.4, -0.2) is 24.9 Å². The number of halogens is 3. The van der Waals surface area contributed by atoms with Crippen LogP contribution in [0.3, 0.4) is 0 Å². The molecule has 0 saturated carbocycles. The van der Waals surface area contributed by atoms with E-state index in [1.165, 1.54) is 17.0 Å². The highest BCUT2D eigenvalue weighted by molar-refractivity contribution is 6.06. The van der Waals surface area contributed by atoms with Gasteiger partial charge in [0, 0.05) is 25.7 Å². The van der Waals surface area contributed by atoms with Gasteiger partial charge in [-0.3, -0.25) is 14.9 Å². The molecule has 0 aliphatic carbocycles. The van der Waals surface area contributed by atoms with Crippen LogP contribution >= 0.6 is 0 Å². The van der Waals surface area contributed by atoms with Gasteiger partial charge in [0.2, 0.25) is 0 Å². The molecule has 0 unspecified atom stereocenters. The maximum atomic E-state index is 13.3. The Labute approximate surface area is 193 Å². The minimum absolute atomic E-state index is 0.0102. The Bertz CT molecular complexity index is 1260. The van der Waals surface area contributed by atoms with Gasteiger partial charge < -0.3 is 15.0 Å². The highest BCUT2D eigenvalue weighted by atomic mass is 19.4. The van der Waals surface area contributed by atoms with Crippen LogP contribution in [0.1, 0.15) is 27.0 Å². The van der Waals surface area contributed by atoms with Crippen LogP contribution in [0.15, 0.2) is 54.6 Å². The van der Waals surface area contributed by atoms with Crippen LogP contribution in [0.5, 0.6) is 11.5 Å². The third-order valence-electron chi connectivity index (χ3n) is 5.18. The minimum atomic E-state index is -4.65. The van der Waals surface area contributed by atoms with Gasteiger partial charge in [0.1, 0.15) is 11.4 Å². The Morgan fingerprint density at radius 1 is 1.00 bits per heavy atom. The van der Waals surface area contributed by atoms with Crippen molar-refractivity contribution in [1.82, 2.24) is 0 Å². The molecule has 0 heterocycles. The third-order valence-corrected chi connectivity index (χ3v) is 5.18. The summed E-state index contributed by atoms with van der Waals surface area (Å²) in [5.74, 6) is -0.453. The van der Waals surface area contributed by atoms with E-state index in [2.05, 4.69) is 5.32 Å². The lowest BCUT2D eigenvalue weighted by Gasteiger charge is -2.16. The highest BCUT2D eigenvalue weighted by Gasteiger charge is 2.31. The number of rotatable bonds is 6. The van der Waals surface area contributed by atoms with Gasteiger partial charge in [-0.15, -0.1) is 0 Å². The van der Waals surface area contributed by atoms with Gasteiger partial charge in [0.15, 0.2) is 5.75 Å². The first-order chi connectivity index (χ1) is 15.9. The molecule has 0 atom stereocenters. The van der Waals surface area contributed by atoms with E-state index in [4.69, 9.17) is 4.74 Å². The smallest absolute Gasteiger partial charge is 0.416 e. The second kappa shape index (κ2) is 9.42. The number of carbonyl (C=O) groups excluding carboxylic acids is 1. The average Bonchev–Trinajstić information content (AvgIpc) is 2.76. The van der Waals surface area contributed by atoms with Crippen LogP contribution < -0.4 is 15.0 Å². The van der Waals surface area contributed by atoms with E-state index in [-0.39, 0.29) is 28.4 Å². The van der Waals surface area contributed by atoms with Crippen LogP contribution in [0.25, 0.3) is 0 Å². The van der Waals surface area contributed by atoms with Crippen LogP contribution in [-0.2, 0) is 6.18 Å². The van der Waals surface area contributed by atoms with Crippen LogP contribution in [0, 0.1) is 24.0 Å². The molecular formula is C24H22F3N3O4. The molecule has 1 N–H and O–H groups in total. The van der Waals surface area contributed by atoms with E-state index in [9.17, 15) is 28.1 Å². The van der Waals surface area contributed by atoms with Crippen LogP contribution in [0.2, 0.25) is 0 Å². The summed E-state index contributed by atoms with van der Waals surface area (Å²) in [5.41, 5.74) is 0.598. The molecule has 0 bridgehead atoms. The first-order valence-electron chi connectivity index (χ1n) is 10.1. The van der Waals surface area contributed by atoms with Gasteiger partial charge in [0.05, 0.1) is 16.2 Å². The lowest BCUT2D eigenvalue weighted by molar-refractivity contribution is -0.384. The number of hydrogen-bond donors (Lipinski definition) is 1. The first-order valence-corrected chi connectivity index (χ1v) is 10.1. The molecule has 7 nitrogen and oxygen atoms in total. The van der Waals surface area contributed by atoms with Crippen molar-refractivity contribution in [2.24, 2.45) is 0 Å². The number of alkyl halides is 3. The molecule has 3 aromatic rings. The summed E-state index contributed by atoms with van der Waals surface area (Å²) in [7, 11) is 3.22. The maximum absolute atomic E-state index is 13.3. The second-order valence-corrected chi connectivity index (χ2v) is 7.87. The fourth-order valence-corrected chi connectivity index (χ4v) is 3.18. The molecule has 0 spiro atoms. The van der Waals surface area contributed by atoms with Gasteiger partial charge in [-0.05, 0) is 67.4 Å². The Morgan fingerprint density at radius 3 is 2.29 bits per heavy atom. The van der Waals surface area contributed by atoms with E-state index in [1.807, 2.05) is 13.8 Å². The molecule has 178 valence electrons. The molecule has 0 aliphatic rings. The molecule has 1 amide bonds. The number of carbonyl (C=O) groups is 1. The Hall–Kier alpha value is -4.08. The molecule has 0 aliphatic heterocycles. The van der Waals surface area contributed by atoms with Crippen molar-refractivity contribution < 1.29 is 27.6 Å². The topological polar surface area (TPSA) is 84.7 Å². The molecule has 3 aromatic carbocycles. The maximum Gasteiger partial charge on any atom is 0.416 e. The first kappa shape index (κ1) is 24.6. The zero-order chi connectivity index (χ0) is 25.2. The highest BCUT2D eigenvalue weighted by Crippen LogP contribution is 2.37. The number of nitrogens with one attached hydrogen (secondary N) is 1. The Kier molecular flexibility index (Phi) is 6.80. The minimum Gasteiger partial charge on any atom is -0.455 e. The van der Waals surface area contributed by atoms with Crippen molar-refractivity contribution in [3.05, 3.63) is 87.0 Å². The monoisotopic (exact) mass is 473 g/mol. The molecule has 0 saturated heterocycles. The normalized spacial score (nSPS) is 11.1. The largest absolute Gasteiger partial charge is 0.455 e. The van der Waals surface area contributed by atoms with E-state index < -0.39 is 22.6 Å². The lowest BCUT2D eigenvalue weighted by atomic mass is 10.1. The third kappa shape index (κ3) is 5.45. The van der Waals surface area contributed by atoms with E-state index in [0.717, 1.165) is 35.4 Å². The zero-order valence-electron chi connectivity index (χ0n) is 18.9. The molecule has 0 fully saturated rings. The van der Waals surface area contributed by atoms with Crippen molar-refractivity contribution >= 4 is 23.0 Å². The van der Waals surface area contributed by atoms with Gasteiger partial charge >= 0.3 is 6.18 Å². The standard InChI is InChI=1S/C24H22F3N3O4/c1-14-5-8-18(11-15(14)2)34-22-10-7-17(24(25,26)27)13-19(22)28-23(31)16-6-9-20(29(3)4)21(12-16)30(32)33/h5-13H,1-4H3,(H,28,31). The number of nitrogens with zero attached hydrogens (tertiary/aromatic N) is 2. The average molecular weight is 473 g/mol. The summed E-state index contributed by atoms with van der Waals surface area (Å²) in [5, 5.41) is 13.8. The number of ether oxygens (including phenoxy) is 1. The quantitative estimate of drug-likeness (QED) is 0.334. The van der Waals surface area contributed by atoms with E-state index in [0.29, 0.717) is 5.75 Å². The van der Waals surface area contributed by atoms with Gasteiger partial charge in [-0.25, -0.2) is 0 Å². The summed E-state index contributed by atoms with van der Waals surface area (Å²) < 4.78 is 45.7. The van der Waals surface area contributed by atoms with Crippen molar-refractivity contribution in [3.8, 4) is 11.5 Å². The molecule has 0 radical (unpaired) electrons. The van der Waals surface area contributed by atoms with Crippen molar-refractivity contribution in [1.29, 1.82) is 0 Å². The summed E-state index contributed by atoms with van der Waals surface area (Å²) in [6.07, 6.45) is -4.65. The zero-order valence-corrected chi connectivity index (χ0v) is 18.9. The number of benzene rings is 3. The fourth-order valence-electron chi connectivity index (χ4n) is 3.18. The molecule has 10 heteroatoms. The SMILES string of the molecule is Cc1ccc(Oc2ccc(C(F)(F)F)cc2NC(=O)c2ccc(N(C)C)c([N+](=O)[O-])c2)cc1C. The van der Waals surface area contributed by atoms with E-state index in [1.54, 1.807) is 32.3 Å². The van der Waals surface area contributed by atoms with Crippen LogP contribution in [0.4, 0.5) is 30.2 Å². The van der Waals surface area contributed by atoms with Crippen molar-refractivity contribution in [2.45, 2.75) is 20.0 Å². The Morgan fingerprint density at radius 2 is 1.71 bits per heavy atom. The summed E-state index contributed by atoms with van der Waals surface area (Å²) in [6.45, 7) is 3.77. The van der Waals surface area contributed by atoms with Crippen molar-refractivity contribution in [2.75, 3.05) is 24.3 Å². The van der Waals surface area contributed by atoms with Gasteiger partial charge in [-0.1, -0.05) is 6.07 Å². The van der Waals surface area contributed by atoms with Gasteiger partial charge in [-0.2, -0.15) is 13.2 Å². The second-order valence-electron chi connectivity index (χ2n) is 7.87. The lowest BCUT2D eigenvalue weighted by Crippen LogP contribution is -2.16. The number of nitro benzene ring substituents is 1. The number of anilines is 2. The number of amides is 1. The number of nitro groups is 1. The fraction of sp³-hybridized carbons (Fsp3) is 0.208. The summed E-state index contributed by atoms with van der Waals surface area (Å²) in [6, 6.07) is 11.7. The predicted molar refractivity (Wildman–Crippen MR) is 123 cm³/mol. The number of hydrogen-bond acceptors (Lipinski definition) is 5.